The van der Waals surface area contributed by atoms with Crippen LogP contribution >= 0.6 is 0 Å². The first-order valence-corrected chi connectivity index (χ1v) is 5.47. The molecule has 0 bridgehead atoms. The molecule has 96 valence electrons. The molecule has 1 aromatic rings. The molecule has 0 saturated carbocycles. The lowest BCUT2D eigenvalue weighted by molar-refractivity contribution is 0.118. The summed E-state index contributed by atoms with van der Waals surface area (Å²) in [6.45, 7) is 5.37. The minimum Gasteiger partial charge on any atom is -0.380 e. The standard InChI is InChI=1S/C12H16F3NO/c1-8(2)7-17-6-5-16-10-4-3-9(13)11(14)12(10)15/h3-4,8,16H,5-7H2,1-2H3. The highest BCUT2D eigenvalue weighted by Gasteiger charge is 2.12. The van der Waals surface area contributed by atoms with Gasteiger partial charge in [-0.15, -0.1) is 0 Å². The first-order chi connectivity index (χ1) is 8.02. The highest BCUT2D eigenvalue weighted by atomic mass is 19.2. The van der Waals surface area contributed by atoms with E-state index in [1.165, 1.54) is 0 Å². The first kappa shape index (κ1) is 13.8. The summed E-state index contributed by atoms with van der Waals surface area (Å²) in [5.74, 6) is -3.42. The van der Waals surface area contributed by atoms with Gasteiger partial charge in [-0.2, -0.15) is 0 Å². The molecular weight excluding hydrogens is 231 g/mol. The minimum absolute atomic E-state index is 0.0583. The third kappa shape index (κ3) is 4.26. The van der Waals surface area contributed by atoms with Gasteiger partial charge in [0.25, 0.3) is 0 Å². The van der Waals surface area contributed by atoms with E-state index >= 15 is 0 Å². The second kappa shape index (κ2) is 6.49. The van der Waals surface area contributed by atoms with Crippen molar-refractivity contribution in [2.75, 3.05) is 25.1 Å². The summed E-state index contributed by atoms with van der Waals surface area (Å²) in [7, 11) is 0. The zero-order valence-electron chi connectivity index (χ0n) is 9.90. The molecule has 0 unspecified atom stereocenters. The Labute approximate surface area is 98.8 Å². The van der Waals surface area contributed by atoms with Crippen LogP contribution in [0.25, 0.3) is 0 Å². The van der Waals surface area contributed by atoms with Gasteiger partial charge in [0.1, 0.15) is 0 Å². The van der Waals surface area contributed by atoms with Gasteiger partial charge in [-0.05, 0) is 18.1 Å². The zero-order valence-corrected chi connectivity index (χ0v) is 9.90. The molecule has 0 saturated heterocycles. The zero-order chi connectivity index (χ0) is 12.8. The van der Waals surface area contributed by atoms with E-state index in [-0.39, 0.29) is 5.69 Å². The van der Waals surface area contributed by atoms with Gasteiger partial charge in [0, 0.05) is 13.2 Å². The Hall–Kier alpha value is -1.23. The number of halogens is 3. The van der Waals surface area contributed by atoms with E-state index < -0.39 is 17.5 Å². The number of hydrogen-bond acceptors (Lipinski definition) is 2. The third-order valence-corrected chi connectivity index (χ3v) is 2.05. The molecule has 0 aromatic heterocycles. The van der Waals surface area contributed by atoms with Gasteiger partial charge in [0.2, 0.25) is 0 Å². The number of ether oxygens (including phenoxy) is 1. The molecule has 0 radical (unpaired) electrons. The molecule has 1 N–H and O–H groups in total. The van der Waals surface area contributed by atoms with Crippen LogP contribution in [-0.4, -0.2) is 19.8 Å². The summed E-state index contributed by atoms with van der Waals surface area (Å²) in [4.78, 5) is 0. The van der Waals surface area contributed by atoms with Crippen LogP contribution in [0.2, 0.25) is 0 Å². The van der Waals surface area contributed by atoms with Crippen molar-refractivity contribution in [3.8, 4) is 0 Å². The number of nitrogens with one attached hydrogen (secondary N) is 1. The molecule has 0 aliphatic rings. The van der Waals surface area contributed by atoms with Crippen molar-refractivity contribution in [2.24, 2.45) is 5.92 Å². The number of hydrogen-bond donors (Lipinski definition) is 1. The predicted octanol–water partition coefficient (Wildman–Crippen LogP) is 3.19. The van der Waals surface area contributed by atoms with Gasteiger partial charge in [0.15, 0.2) is 17.5 Å². The summed E-state index contributed by atoms with van der Waals surface area (Å²) in [5.41, 5.74) is -0.0583. The van der Waals surface area contributed by atoms with Crippen molar-refractivity contribution in [3.05, 3.63) is 29.6 Å². The van der Waals surface area contributed by atoms with Gasteiger partial charge in [0.05, 0.1) is 12.3 Å². The monoisotopic (exact) mass is 247 g/mol. The third-order valence-electron chi connectivity index (χ3n) is 2.05. The van der Waals surface area contributed by atoms with Crippen LogP contribution < -0.4 is 5.32 Å². The van der Waals surface area contributed by atoms with Crippen LogP contribution in [0.15, 0.2) is 12.1 Å². The lowest BCUT2D eigenvalue weighted by Gasteiger charge is -2.10. The average molecular weight is 247 g/mol. The lowest BCUT2D eigenvalue weighted by atomic mass is 10.2. The number of anilines is 1. The smallest absolute Gasteiger partial charge is 0.196 e. The van der Waals surface area contributed by atoms with E-state index in [9.17, 15) is 13.2 Å². The Bertz CT molecular complexity index is 369. The van der Waals surface area contributed by atoms with Crippen LogP contribution in [0.4, 0.5) is 18.9 Å². The molecule has 5 heteroatoms. The molecule has 0 fully saturated rings. The SMILES string of the molecule is CC(C)COCCNc1ccc(F)c(F)c1F. The van der Waals surface area contributed by atoms with Gasteiger partial charge in [-0.3, -0.25) is 0 Å². The number of benzene rings is 1. The van der Waals surface area contributed by atoms with E-state index in [0.29, 0.717) is 25.7 Å². The van der Waals surface area contributed by atoms with Crippen molar-refractivity contribution >= 4 is 5.69 Å². The maximum atomic E-state index is 13.2. The minimum atomic E-state index is -1.46. The molecule has 2 nitrogen and oxygen atoms in total. The average Bonchev–Trinajstić information content (AvgIpc) is 2.28. The molecule has 17 heavy (non-hydrogen) atoms. The number of rotatable bonds is 6. The van der Waals surface area contributed by atoms with Crippen LogP contribution in [0.1, 0.15) is 13.8 Å². The van der Waals surface area contributed by atoms with Gasteiger partial charge in [-0.25, -0.2) is 13.2 Å². The Balaban J connectivity index is 2.40. The molecule has 0 atom stereocenters. The molecule has 0 heterocycles. The van der Waals surface area contributed by atoms with Crippen molar-refractivity contribution in [1.82, 2.24) is 0 Å². The highest BCUT2D eigenvalue weighted by molar-refractivity contribution is 5.45. The van der Waals surface area contributed by atoms with Crippen LogP contribution in [0, 0.1) is 23.4 Å². The van der Waals surface area contributed by atoms with E-state index in [2.05, 4.69) is 5.32 Å². The van der Waals surface area contributed by atoms with Gasteiger partial charge in [-0.1, -0.05) is 13.8 Å². The normalized spacial score (nSPS) is 10.9. The fourth-order valence-electron chi connectivity index (χ4n) is 1.24. The van der Waals surface area contributed by atoms with Crippen LogP contribution in [0.5, 0.6) is 0 Å². The largest absolute Gasteiger partial charge is 0.380 e. The van der Waals surface area contributed by atoms with Crippen LogP contribution in [0.3, 0.4) is 0 Å². The summed E-state index contributed by atoms with van der Waals surface area (Å²) in [6, 6.07) is 2.05. The summed E-state index contributed by atoms with van der Waals surface area (Å²) in [5, 5.41) is 2.65. The molecule has 0 aliphatic heterocycles. The molecule has 0 aliphatic carbocycles. The molecule has 1 aromatic carbocycles. The van der Waals surface area contributed by atoms with Crippen molar-refractivity contribution < 1.29 is 17.9 Å². The van der Waals surface area contributed by atoms with E-state index in [0.717, 1.165) is 12.1 Å². The lowest BCUT2D eigenvalue weighted by Crippen LogP contribution is -2.13. The Kier molecular flexibility index (Phi) is 5.28. The topological polar surface area (TPSA) is 21.3 Å². The van der Waals surface area contributed by atoms with Gasteiger partial charge >= 0.3 is 0 Å². The van der Waals surface area contributed by atoms with Crippen molar-refractivity contribution in [2.45, 2.75) is 13.8 Å². The Morgan fingerprint density at radius 2 is 1.88 bits per heavy atom. The van der Waals surface area contributed by atoms with E-state index in [4.69, 9.17) is 4.74 Å². The van der Waals surface area contributed by atoms with Crippen molar-refractivity contribution in [3.63, 3.8) is 0 Å². The fraction of sp³-hybridized carbons (Fsp3) is 0.500. The second-order valence-electron chi connectivity index (χ2n) is 4.12. The quantitative estimate of drug-likeness (QED) is 0.615. The summed E-state index contributed by atoms with van der Waals surface area (Å²) in [6.07, 6.45) is 0. The van der Waals surface area contributed by atoms with E-state index in [1.807, 2.05) is 13.8 Å². The fourth-order valence-corrected chi connectivity index (χ4v) is 1.24. The Morgan fingerprint density at radius 3 is 2.53 bits per heavy atom. The molecule has 1 rings (SSSR count). The van der Waals surface area contributed by atoms with Gasteiger partial charge < -0.3 is 10.1 Å². The van der Waals surface area contributed by atoms with Crippen molar-refractivity contribution in [1.29, 1.82) is 0 Å². The van der Waals surface area contributed by atoms with Crippen LogP contribution in [-0.2, 0) is 4.74 Å². The molecular formula is C12H16F3NO. The maximum Gasteiger partial charge on any atom is 0.196 e. The summed E-state index contributed by atoms with van der Waals surface area (Å²) >= 11 is 0. The predicted molar refractivity (Wildman–Crippen MR) is 60.5 cm³/mol. The molecule has 0 amide bonds. The van der Waals surface area contributed by atoms with E-state index in [1.54, 1.807) is 0 Å². The highest BCUT2D eigenvalue weighted by Crippen LogP contribution is 2.19. The molecule has 0 spiro atoms. The summed E-state index contributed by atoms with van der Waals surface area (Å²) < 4.78 is 43.9. The second-order valence-corrected chi connectivity index (χ2v) is 4.12. The first-order valence-electron chi connectivity index (χ1n) is 5.47. The Morgan fingerprint density at radius 1 is 1.18 bits per heavy atom. The maximum absolute atomic E-state index is 13.2.